The van der Waals surface area contributed by atoms with Gasteiger partial charge in [-0.15, -0.1) is 0 Å². The molecule has 0 aromatic carbocycles. The molecule has 2 atom stereocenters. The number of nitrogens with one attached hydrogen (secondary N) is 1. The molecule has 0 aliphatic rings. The van der Waals surface area contributed by atoms with Crippen LogP contribution >= 0.6 is 0 Å². The average molecular weight is 288 g/mol. The molecule has 0 aromatic heterocycles. The Hall–Kier alpha value is -2.12. The zero-order chi connectivity index (χ0) is 15.9. The van der Waals surface area contributed by atoms with Crippen molar-refractivity contribution in [2.24, 2.45) is 23.5 Å². The number of hydrogen-bond donors (Lipinski definition) is 4. The second-order valence-electron chi connectivity index (χ2n) is 4.96. The first-order valence-electron chi connectivity index (χ1n) is 6.15. The van der Waals surface area contributed by atoms with Gasteiger partial charge >= 0.3 is 11.9 Å². The van der Waals surface area contributed by atoms with Crippen LogP contribution in [0, 0.1) is 17.8 Å². The normalized spacial score (nSPS) is 13.6. The summed E-state index contributed by atoms with van der Waals surface area (Å²) in [7, 11) is 0. The minimum atomic E-state index is -1.52. The second kappa shape index (κ2) is 8.13. The van der Waals surface area contributed by atoms with Crippen molar-refractivity contribution in [3.63, 3.8) is 0 Å². The maximum atomic E-state index is 11.6. The van der Waals surface area contributed by atoms with Gasteiger partial charge in [-0.25, -0.2) is 0 Å². The lowest BCUT2D eigenvalue weighted by molar-refractivity contribution is -0.156. The topological polar surface area (TPSA) is 147 Å². The summed E-state index contributed by atoms with van der Waals surface area (Å²) in [5, 5.41) is 20.5. The number of amides is 2. The minimum Gasteiger partial charge on any atom is -0.481 e. The number of carboxylic acid groups (broad SMARTS) is 2. The van der Waals surface area contributed by atoms with Crippen LogP contribution in [0.5, 0.6) is 0 Å². The molecular formula is C12H20N2O6. The van der Waals surface area contributed by atoms with E-state index in [-0.39, 0.29) is 5.92 Å². The third-order valence-electron chi connectivity index (χ3n) is 2.65. The van der Waals surface area contributed by atoms with Gasteiger partial charge in [0.15, 0.2) is 0 Å². The van der Waals surface area contributed by atoms with Crippen molar-refractivity contribution < 1.29 is 29.4 Å². The number of aliphatic carboxylic acids is 2. The largest absolute Gasteiger partial charge is 0.481 e. The highest BCUT2D eigenvalue weighted by molar-refractivity contribution is 5.88. The summed E-state index contributed by atoms with van der Waals surface area (Å²) >= 11 is 0. The molecule has 2 amide bonds. The van der Waals surface area contributed by atoms with E-state index in [0.717, 1.165) is 0 Å². The van der Waals surface area contributed by atoms with Crippen LogP contribution in [0.4, 0.5) is 0 Å². The lowest BCUT2D eigenvalue weighted by Gasteiger charge is -2.19. The van der Waals surface area contributed by atoms with Crippen LogP contribution in [-0.4, -0.2) is 40.5 Å². The molecular weight excluding hydrogens is 268 g/mol. The molecule has 0 saturated heterocycles. The van der Waals surface area contributed by atoms with Crippen molar-refractivity contribution in [2.75, 3.05) is 6.54 Å². The first kappa shape index (κ1) is 17.9. The molecule has 0 rings (SSSR count). The van der Waals surface area contributed by atoms with Gasteiger partial charge < -0.3 is 21.3 Å². The van der Waals surface area contributed by atoms with E-state index in [9.17, 15) is 19.2 Å². The Bertz CT molecular complexity index is 393. The van der Waals surface area contributed by atoms with Gasteiger partial charge in [0.25, 0.3) is 0 Å². The number of hydrogen-bond acceptors (Lipinski definition) is 4. The van der Waals surface area contributed by atoms with Crippen molar-refractivity contribution in [1.82, 2.24) is 5.32 Å². The lowest BCUT2D eigenvalue weighted by Crippen LogP contribution is -2.38. The molecule has 8 nitrogen and oxygen atoms in total. The quantitative estimate of drug-likeness (QED) is 0.446. The van der Waals surface area contributed by atoms with Crippen molar-refractivity contribution >= 4 is 23.8 Å². The summed E-state index contributed by atoms with van der Waals surface area (Å²) in [4.78, 5) is 44.5. The van der Waals surface area contributed by atoms with Gasteiger partial charge in [-0.2, -0.15) is 0 Å². The van der Waals surface area contributed by atoms with Crippen molar-refractivity contribution in [3.8, 4) is 0 Å². The standard InChI is InChI=1S/C12H20N2O6/c1-6(2)5-14-10(16)4-8(12(19)20)7(11(17)18)3-9(13)15/h6-8H,3-5H2,1-2H3,(H2,13,15)(H,14,16)(H,17,18)(H,19,20). The van der Waals surface area contributed by atoms with Gasteiger partial charge in [0.1, 0.15) is 0 Å². The fourth-order valence-corrected chi connectivity index (χ4v) is 1.61. The molecule has 0 radical (unpaired) electrons. The first-order valence-corrected chi connectivity index (χ1v) is 6.15. The van der Waals surface area contributed by atoms with Gasteiger partial charge in [-0.05, 0) is 5.92 Å². The third-order valence-corrected chi connectivity index (χ3v) is 2.65. The molecule has 0 spiro atoms. The molecule has 0 saturated carbocycles. The Morgan fingerprint density at radius 1 is 1.00 bits per heavy atom. The molecule has 8 heteroatoms. The van der Waals surface area contributed by atoms with Crippen LogP contribution in [0.3, 0.4) is 0 Å². The summed E-state index contributed by atoms with van der Waals surface area (Å²) in [6, 6.07) is 0. The zero-order valence-electron chi connectivity index (χ0n) is 11.5. The molecule has 5 N–H and O–H groups in total. The van der Waals surface area contributed by atoms with Gasteiger partial charge in [0.2, 0.25) is 11.8 Å². The first-order chi connectivity index (χ1) is 9.15. The maximum Gasteiger partial charge on any atom is 0.307 e. The smallest absolute Gasteiger partial charge is 0.307 e. The lowest BCUT2D eigenvalue weighted by atomic mass is 9.86. The Labute approximate surface area is 116 Å². The Morgan fingerprint density at radius 3 is 1.80 bits per heavy atom. The van der Waals surface area contributed by atoms with Crippen LogP contribution in [0.25, 0.3) is 0 Å². The van der Waals surface area contributed by atoms with E-state index >= 15 is 0 Å². The number of primary amides is 1. The predicted octanol–water partition coefficient (Wildman–Crippen LogP) is -0.574. The molecule has 20 heavy (non-hydrogen) atoms. The summed E-state index contributed by atoms with van der Waals surface area (Å²) < 4.78 is 0. The van der Waals surface area contributed by atoms with E-state index in [2.05, 4.69) is 5.32 Å². The molecule has 0 aliphatic carbocycles. The number of carboxylic acids is 2. The van der Waals surface area contributed by atoms with Gasteiger partial charge in [0.05, 0.1) is 11.8 Å². The van der Waals surface area contributed by atoms with Crippen LogP contribution in [0.15, 0.2) is 0 Å². The predicted molar refractivity (Wildman–Crippen MR) is 68.5 cm³/mol. The third kappa shape index (κ3) is 6.72. The number of carbonyl (C=O) groups is 4. The molecule has 0 aliphatic heterocycles. The summed E-state index contributed by atoms with van der Waals surface area (Å²) in [6.45, 7) is 4.09. The molecule has 114 valence electrons. The van der Waals surface area contributed by atoms with Crippen molar-refractivity contribution in [1.29, 1.82) is 0 Å². The van der Waals surface area contributed by atoms with E-state index in [0.29, 0.717) is 6.54 Å². The van der Waals surface area contributed by atoms with Crippen LogP contribution in [0.2, 0.25) is 0 Å². The average Bonchev–Trinajstić information content (AvgIpc) is 2.29. The Balaban J connectivity index is 4.84. The molecule has 0 aromatic rings. The highest BCUT2D eigenvalue weighted by Crippen LogP contribution is 2.20. The molecule has 0 heterocycles. The SMILES string of the molecule is CC(C)CNC(=O)CC(C(=O)O)C(CC(N)=O)C(=O)O. The second-order valence-corrected chi connectivity index (χ2v) is 4.96. The van der Waals surface area contributed by atoms with Crippen molar-refractivity contribution in [2.45, 2.75) is 26.7 Å². The highest BCUT2D eigenvalue weighted by Gasteiger charge is 2.36. The van der Waals surface area contributed by atoms with E-state index in [1.54, 1.807) is 0 Å². The Kier molecular flexibility index (Phi) is 7.27. The van der Waals surface area contributed by atoms with E-state index in [1.807, 2.05) is 13.8 Å². The maximum absolute atomic E-state index is 11.6. The monoisotopic (exact) mass is 288 g/mol. The summed E-state index contributed by atoms with van der Waals surface area (Å²) in [5.74, 6) is -7.23. The number of rotatable bonds is 9. The molecule has 0 bridgehead atoms. The number of carbonyl (C=O) groups excluding carboxylic acids is 2. The van der Waals surface area contributed by atoms with E-state index in [4.69, 9.17) is 15.9 Å². The van der Waals surface area contributed by atoms with Gasteiger partial charge in [-0.3, -0.25) is 19.2 Å². The van der Waals surface area contributed by atoms with Crippen LogP contribution in [-0.2, 0) is 19.2 Å². The van der Waals surface area contributed by atoms with Crippen LogP contribution in [0.1, 0.15) is 26.7 Å². The van der Waals surface area contributed by atoms with E-state index < -0.39 is 48.4 Å². The van der Waals surface area contributed by atoms with Crippen molar-refractivity contribution in [3.05, 3.63) is 0 Å². The Morgan fingerprint density at radius 2 is 1.45 bits per heavy atom. The molecule has 0 fully saturated rings. The summed E-state index contributed by atoms with van der Waals surface area (Å²) in [5.41, 5.74) is 4.90. The van der Waals surface area contributed by atoms with Gasteiger partial charge in [0, 0.05) is 19.4 Å². The number of nitrogens with two attached hydrogens (primary N) is 1. The van der Waals surface area contributed by atoms with Gasteiger partial charge in [-0.1, -0.05) is 13.8 Å². The van der Waals surface area contributed by atoms with E-state index in [1.165, 1.54) is 0 Å². The highest BCUT2D eigenvalue weighted by atomic mass is 16.4. The summed E-state index contributed by atoms with van der Waals surface area (Å²) in [6.07, 6.45) is -1.13. The molecule has 2 unspecified atom stereocenters. The minimum absolute atomic E-state index is 0.183. The fraction of sp³-hybridized carbons (Fsp3) is 0.667. The zero-order valence-corrected chi connectivity index (χ0v) is 11.5. The van der Waals surface area contributed by atoms with Crippen LogP contribution < -0.4 is 11.1 Å². The fourth-order valence-electron chi connectivity index (χ4n) is 1.61.